The van der Waals surface area contributed by atoms with E-state index in [1.54, 1.807) is 0 Å². The second kappa shape index (κ2) is 8.03. The van der Waals surface area contributed by atoms with E-state index in [-0.39, 0.29) is 0 Å². The Bertz CT molecular complexity index is 395. The monoisotopic (exact) mass is 334 g/mol. The van der Waals surface area contributed by atoms with Crippen molar-refractivity contribution in [3.8, 4) is 0 Å². The molecule has 0 amide bonds. The van der Waals surface area contributed by atoms with E-state index < -0.39 is 0 Å². The smallest absolute Gasteiger partial charge is 0.0262 e. The van der Waals surface area contributed by atoms with Gasteiger partial charge in [-0.15, -0.1) is 0 Å². The zero-order valence-corrected chi connectivity index (χ0v) is 15.8. The number of nitrogens with one attached hydrogen (secondary N) is 1. The van der Waals surface area contributed by atoms with E-state index in [1.807, 2.05) is 0 Å². The normalized spacial score (nSPS) is 40.4. The minimum atomic E-state index is 0.778. The highest BCUT2D eigenvalue weighted by molar-refractivity contribution is 4.94. The van der Waals surface area contributed by atoms with Crippen molar-refractivity contribution in [3.63, 3.8) is 0 Å². The molecule has 1 N–H and O–H groups in total. The highest BCUT2D eigenvalue weighted by Gasteiger charge is 2.37. The van der Waals surface area contributed by atoms with Gasteiger partial charge in [0.1, 0.15) is 0 Å². The zero-order valence-electron chi connectivity index (χ0n) is 15.8. The molecule has 4 aliphatic rings. The lowest BCUT2D eigenvalue weighted by atomic mass is 9.89. The van der Waals surface area contributed by atoms with Crippen molar-refractivity contribution >= 4 is 0 Å². The summed E-state index contributed by atoms with van der Waals surface area (Å²) in [5.74, 6) is 0.879. The van der Waals surface area contributed by atoms with E-state index in [0.717, 1.165) is 24.0 Å². The summed E-state index contributed by atoms with van der Waals surface area (Å²) in [5.41, 5.74) is 0. The first-order chi connectivity index (χ1) is 11.8. The SMILES string of the molecule is CC1CCCCN1CC1CCNCC1N1CCC(N2CCCC2)C1. The molecule has 0 aliphatic carbocycles. The molecule has 138 valence electrons. The summed E-state index contributed by atoms with van der Waals surface area (Å²) >= 11 is 0. The summed E-state index contributed by atoms with van der Waals surface area (Å²) in [6.45, 7) is 13.0. The summed E-state index contributed by atoms with van der Waals surface area (Å²) in [6.07, 6.45) is 9.91. The molecule has 4 atom stereocenters. The lowest BCUT2D eigenvalue weighted by Crippen LogP contribution is -2.55. The Labute approximate surface area is 148 Å². The minimum absolute atomic E-state index is 0.778. The first-order valence-electron chi connectivity index (χ1n) is 10.7. The Hall–Kier alpha value is -0.160. The molecule has 24 heavy (non-hydrogen) atoms. The Balaban J connectivity index is 1.35. The van der Waals surface area contributed by atoms with Gasteiger partial charge in [0.2, 0.25) is 0 Å². The van der Waals surface area contributed by atoms with E-state index in [4.69, 9.17) is 0 Å². The first-order valence-corrected chi connectivity index (χ1v) is 10.7. The molecule has 4 heteroatoms. The number of hydrogen-bond donors (Lipinski definition) is 1. The van der Waals surface area contributed by atoms with Crippen LogP contribution in [0.5, 0.6) is 0 Å². The minimum Gasteiger partial charge on any atom is -0.315 e. The third-order valence-electron chi connectivity index (χ3n) is 7.32. The summed E-state index contributed by atoms with van der Waals surface area (Å²) in [5, 5.41) is 3.70. The molecule has 0 spiro atoms. The van der Waals surface area contributed by atoms with E-state index in [2.05, 4.69) is 26.9 Å². The average molecular weight is 335 g/mol. The van der Waals surface area contributed by atoms with Gasteiger partial charge in [-0.25, -0.2) is 0 Å². The van der Waals surface area contributed by atoms with Crippen LogP contribution in [0.2, 0.25) is 0 Å². The second-order valence-corrected chi connectivity index (χ2v) is 8.84. The molecule has 0 aromatic heterocycles. The average Bonchev–Trinajstić information content (AvgIpc) is 3.28. The maximum atomic E-state index is 3.70. The van der Waals surface area contributed by atoms with Crippen molar-refractivity contribution < 1.29 is 0 Å². The molecule has 4 nitrogen and oxygen atoms in total. The zero-order chi connectivity index (χ0) is 16.4. The molecule has 0 radical (unpaired) electrons. The number of rotatable bonds is 4. The fraction of sp³-hybridized carbons (Fsp3) is 1.00. The van der Waals surface area contributed by atoms with Crippen LogP contribution in [0, 0.1) is 5.92 Å². The third-order valence-corrected chi connectivity index (χ3v) is 7.32. The van der Waals surface area contributed by atoms with Crippen LogP contribution in [-0.2, 0) is 0 Å². The maximum Gasteiger partial charge on any atom is 0.0262 e. The van der Waals surface area contributed by atoms with Crippen LogP contribution in [0.15, 0.2) is 0 Å². The molecule has 4 unspecified atom stereocenters. The van der Waals surface area contributed by atoms with Crippen LogP contribution < -0.4 is 5.32 Å². The van der Waals surface area contributed by atoms with Gasteiger partial charge in [-0.05, 0) is 77.5 Å². The van der Waals surface area contributed by atoms with E-state index in [9.17, 15) is 0 Å². The van der Waals surface area contributed by atoms with Crippen LogP contribution in [0.3, 0.4) is 0 Å². The quantitative estimate of drug-likeness (QED) is 0.849. The highest BCUT2D eigenvalue weighted by Crippen LogP contribution is 2.28. The molecule has 0 aromatic rings. The number of piperidine rings is 2. The van der Waals surface area contributed by atoms with Crippen LogP contribution in [0.1, 0.15) is 51.9 Å². The van der Waals surface area contributed by atoms with Crippen LogP contribution in [0.4, 0.5) is 0 Å². The van der Waals surface area contributed by atoms with Crippen molar-refractivity contribution in [2.75, 3.05) is 52.4 Å². The van der Waals surface area contributed by atoms with Crippen molar-refractivity contribution in [2.24, 2.45) is 5.92 Å². The van der Waals surface area contributed by atoms with Crippen LogP contribution >= 0.6 is 0 Å². The Morgan fingerprint density at radius 3 is 2.54 bits per heavy atom. The summed E-state index contributed by atoms with van der Waals surface area (Å²) < 4.78 is 0. The summed E-state index contributed by atoms with van der Waals surface area (Å²) in [4.78, 5) is 8.44. The predicted molar refractivity (Wildman–Crippen MR) is 100 cm³/mol. The molecule has 4 saturated heterocycles. The second-order valence-electron chi connectivity index (χ2n) is 8.84. The molecule has 4 fully saturated rings. The number of nitrogens with zero attached hydrogens (tertiary/aromatic N) is 3. The third kappa shape index (κ3) is 3.82. The van der Waals surface area contributed by atoms with E-state index in [1.165, 1.54) is 97.3 Å². The van der Waals surface area contributed by atoms with E-state index in [0.29, 0.717) is 0 Å². The Morgan fingerprint density at radius 2 is 1.71 bits per heavy atom. The van der Waals surface area contributed by atoms with Gasteiger partial charge in [-0.3, -0.25) is 9.80 Å². The Morgan fingerprint density at radius 1 is 0.875 bits per heavy atom. The number of hydrogen-bond acceptors (Lipinski definition) is 4. The molecule has 4 heterocycles. The van der Waals surface area contributed by atoms with Crippen molar-refractivity contribution in [2.45, 2.75) is 70.0 Å². The van der Waals surface area contributed by atoms with Crippen LogP contribution in [0.25, 0.3) is 0 Å². The standard InChI is InChI=1S/C20H38N4/c1-17-6-2-3-12-23(17)15-18-7-9-21-14-20(18)24-13-8-19(16-24)22-10-4-5-11-22/h17-21H,2-16H2,1H3. The van der Waals surface area contributed by atoms with Gasteiger partial charge in [-0.1, -0.05) is 6.42 Å². The fourth-order valence-electron chi connectivity index (χ4n) is 5.74. The maximum absolute atomic E-state index is 3.70. The number of likely N-dealkylation sites (tertiary alicyclic amines) is 3. The molecule has 0 saturated carbocycles. The Kier molecular flexibility index (Phi) is 5.77. The largest absolute Gasteiger partial charge is 0.315 e. The van der Waals surface area contributed by atoms with Crippen LogP contribution in [-0.4, -0.2) is 85.2 Å². The first kappa shape index (κ1) is 17.3. The fourth-order valence-corrected chi connectivity index (χ4v) is 5.74. The van der Waals surface area contributed by atoms with Gasteiger partial charge in [0, 0.05) is 44.3 Å². The van der Waals surface area contributed by atoms with E-state index >= 15 is 0 Å². The molecular weight excluding hydrogens is 296 g/mol. The lowest BCUT2D eigenvalue weighted by molar-refractivity contribution is 0.0697. The summed E-state index contributed by atoms with van der Waals surface area (Å²) in [6, 6.07) is 2.44. The predicted octanol–water partition coefficient (Wildman–Crippen LogP) is 2.01. The topological polar surface area (TPSA) is 21.8 Å². The molecule has 4 rings (SSSR count). The molecule has 4 aliphatic heterocycles. The van der Waals surface area contributed by atoms with Crippen molar-refractivity contribution in [3.05, 3.63) is 0 Å². The summed E-state index contributed by atoms with van der Waals surface area (Å²) in [7, 11) is 0. The molecule has 0 bridgehead atoms. The van der Waals surface area contributed by atoms with Gasteiger partial charge in [0.05, 0.1) is 0 Å². The van der Waals surface area contributed by atoms with Crippen molar-refractivity contribution in [1.82, 2.24) is 20.0 Å². The van der Waals surface area contributed by atoms with Gasteiger partial charge >= 0.3 is 0 Å². The molecular formula is C20H38N4. The van der Waals surface area contributed by atoms with Gasteiger partial charge in [0.15, 0.2) is 0 Å². The lowest BCUT2D eigenvalue weighted by Gasteiger charge is -2.43. The van der Waals surface area contributed by atoms with Crippen molar-refractivity contribution in [1.29, 1.82) is 0 Å². The van der Waals surface area contributed by atoms with Gasteiger partial charge in [0.25, 0.3) is 0 Å². The van der Waals surface area contributed by atoms with Gasteiger partial charge < -0.3 is 10.2 Å². The van der Waals surface area contributed by atoms with Gasteiger partial charge in [-0.2, -0.15) is 0 Å². The molecule has 0 aromatic carbocycles. The highest BCUT2D eigenvalue weighted by atomic mass is 15.3.